The summed E-state index contributed by atoms with van der Waals surface area (Å²) in [6.45, 7) is 0.105. The number of sulfonamides is 1. The van der Waals surface area contributed by atoms with Gasteiger partial charge < -0.3 is 14.8 Å². The number of hydrogen-bond acceptors (Lipinski definition) is 6. The molecule has 0 atom stereocenters. The van der Waals surface area contributed by atoms with E-state index < -0.39 is 10.0 Å². The zero-order valence-electron chi connectivity index (χ0n) is 13.9. The minimum atomic E-state index is -3.32. The maximum absolute atomic E-state index is 11.9. The summed E-state index contributed by atoms with van der Waals surface area (Å²) < 4.78 is 35.7. The molecule has 0 aliphatic carbocycles. The number of carbonyl (C=O) groups is 1. The summed E-state index contributed by atoms with van der Waals surface area (Å²) in [5.41, 5.74) is 1.01. The summed E-state index contributed by atoms with van der Waals surface area (Å²) in [5.74, 6) is 0.312. The highest BCUT2D eigenvalue weighted by Gasteiger charge is 2.10. The second-order valence-electron chi connectivity index (χ2n) is 5.03. The Hall–Kier alpha value is -2.49. The van der Waals surface area contributed by atoms with Gasteiger partial charge in [0.15, 0.2) is 0 Å². The minimum Gasteiger partial charge on any atom is -0.439 e. The van der Waals surface area contributed by atoms with Gasteiger partial charge in [0.25, 0.3) is 5.91 Å². The summed E-state index contributed by atoms with van der Waals surface area (Å²) in [6.07, 6.45) is 1.46. The highest BCUT2D eigenvalue weighted by Crippen LogP contribution is 2.21. The molecule has 1 aromatic carbocycles. The van der Waals surface area contributed by atoms with Crippen LogP contribution < -0.4 is 14.8 Å². The zero-order valence-corrected chi connectivity index (χ0v) is 14.7. The second-order valence-corrected chi connectivity index (χ2v) is 6.96. The van der Waals surface area contributed by atoms with Crippen molar-refractivity contribution in [1.82, 2.24) is 15.0 Å². The fourth-order valence-electron chi connectivity index (χ4n) is 1.91. The molecular formula is C16H19N3O5S. The van der Waals surface area contributed by atoms with Crippen molar-refractivity contribution in [2.75, 3.05) is 20.9 Å². The monoisotopic (exact) mass is 365 g/mol. The minimum absolute atomic E-state index is 0.105. The van der Waals surface area contributed by atoms with Crippen LogP contribution >= 0.6 is 0 Å². The SMILES string of the molecule is CNS(=O)(=O)Cc1ccc(Oc2cc(C(=O)NCOC)ccn2)cc1. The van der Waals surface area contributed by atoms with Gasteiger partial charge in [-0.25, -0.2) is 18.1 Å². The molecule has 0 saturated carbocycles. The predicted octanol–water partition coefficient (Wildman–Crippen LogP) is 1.26. The lowest BCUT2D eigenvalue weighted by atomic mass is 10.2. The van der Waals surface area contributed by atoms with Gasteiger partial charge in [-0.1, -0.05) is 12.1 Å². The van der Waals surface area contributed by atoms with Gasteiger partial charge in [-0.3, -0.25) is 4.79 Å². The number of amides is 1. The Balaban J connectivity index is 2.06. The van der Waals surface area contributed by atoms with Crippen molar-refractivity contribution in [2.45, 2.75) is 5.75 Å². The molecule has 0 spiro atoms. The highest BCUT2D eigenvalue weighted by atomic mass is 32.2. The van der Waals surface area contributed by atoms with Crippen LogP contribution in [0.1, 0.15) is 15.9 Å². The van der Waals surface area contributed by atoms with Crippen LogP contribution in [0.2, 0.25) is 0 Å². The van der Waals surface area contributed by atoms with Crippen LogP contribution in [-0.2, 0) is 20.5 Å². The molecule has 25 heavy (non-hydrogen) atoms. The molecule has 2 N–H and O–H groups in total. The number of nitrogens with one attached hydrogen (secondary N) is 2. The fourth-order valence-corrected chi connectivity index (χ4v) is 2.69. The number of nitrogens with zero attached hydrogens (tertiary/aromatic N) is 1. The van der Waals surface area contributed by atoms with E-state index in [9.17, 15) is 13.2 Å². The molecule has 2 rings (SSSR count). The molecule has 2 aromatic rings. The van der Waals surface area contributed by atoms with Gasteiger partial charge in [-0.15, -0.1) is 0 Å². The average Bonchev–Trinajstić information content (AvgIpc) is 2.61. The van der Waals surface area contributed by atoms with Crippen molar-refractivity contribution in [1.29, 1.82) is 0 Å². The lowest BCUT2D eigenvalue weighted by molar-refractivity contribution is 0.0871. The Bertz CT molecular complexity index is 822. The molecule has 0 aliphatic rings. The summed E-state index contributed by atoms with van der Waals surface area (Å²) in [5, 5.41) is 2.57. The van der Waals surface area contributed by atoms with Crippen LogP contribution in [0.25, 0.3) is 0 Å². The Morgan fingerprint density at radius 2 is 1.92 bits per heavy atom. The summed E-state index contributed by atoms with van der Waals surface area (Å²) in [4.78, 5) is 15.9. The Labute approximate surface area is 146 Å². The fraction of sp³-hybridized carbons (Fsp3) is 0.250. The van der Waals surface area contributed by atoms with Crippen molar-refractivity contribution in [3.8, 4) is 11.6 Å². The zero-order chi connectivity index (χ0) is 18.3. The van der Waals surface area contributed by atoms with Gasteiger partial charge in [-0.2, -0.15) is 0 Å². The van der Waals surface area contributed by atoms with E-state index in [0.717, 1.165) is 0 Å². The first-order chi connectivity index (χ1) is 11.9. The Morgan fingerprint density at radius 1 is 1.20 bits per heavy atom. The maximum atomic E-state index is 11.9. The van der Waals surface area contributed by atoms with Gasteiger partial charge in [-0.05, 0) is 30.8 Å². The number of hydrogen-bond donors (Lipinski definition) is 2. The quantitative estimate of drug-likeness (QED) is 0.682. The van der Waals surface area contributed by atoms with Crippen molar-refractivity contribution >= 4 is 15.9 Å². The van der Waals surface area contributed by atoms with E-state index in [0.29, 0.717) is 16.9 Å². The molecule has 134 valence electrons. The molecule has 0 fully saturated rings. The first-order valence-electron chi connectivity index (χ1n) is 7.35. The molecule has 0 aliphatic heterocycles. The lowest BCUT2D eigenvalue weighted by Gasteiger charge is -2.08. The van der Waals surface area contributed by atoms with E-state index in [1.807, 2.05) is 0 Å². The smallest absolute Gasteiger partial charge is 0.253 e. The molecule has 1 amide bonds. The number of methoxy groups -OCH3 is 1. The van der Waals surface area contributed by atoms with E-state index in [1.165, 1.54) is 26.4 Å². The van der Waals surface area contributed by atoms with Crippen molar-refractivity contribution < 1.29 is 22.7 Å². The normalized spacial score (nSPS) is 11.1. The average molecular weight is 365 g/mol. The molecular weight excluding hydrogens is 346 g/mol. The maximum Gasteiger partial charge on any atom is 0.253 e. The predicted molar refractivity (Wildman–Crippen MR) is 91.8 cm³/mol. The van der Waals surface area contributed by atoms with Crippen molar-refractivity contribution in [3.63, 3.8) is 0 Å². The Morgan fingerprint density at radius 3 is 2.56 bits per heavy atom. The Kier molecular flexibility index (Phi) is 6.45. The van der Waals surface area contributed by atoms with Gasteiger partial charge in [0, 0.05) is 24.9 Å². The van der Waals surface area contributed by atoms with E-state index in [4.69, 9.17) is 9.47 Å². The van der Waals surface area contributed by atoms with Gasteiger partial charge in [0.05, 0.1) is 5.75 Å². The molecule has 0 radical (unpaired) electrons. The van der Waals surface area contributed by atoms with Crippen LogP contribution in [0.3, 0.4) is 0 Å². The molecule has 1 aromatic heterocycles. The van der Waals surface area contributed by atoms with E-state index in [1.54, 1.807) is 30.3 Å². The van der Waals surface area contributed by atoms with E-state index in [-0.39, 0.29) is 24.3 Å². The van der Waals surface area contributed by atoms with E-state index >= 15 is 0 Å². The van der Waals surface area contributed by atoms with Crippen LogP contribution in [0.5, 0.6) is 11.6 Å². The molecule has 8 nitrogen and oxygen atoms in total. The number of carbonyl (C=O) groups excluding carboxylic acids is 1. The van der Waals surface area contributed by atoms with Crippen LogP contribution in [-0.4, -0.2) is 40.2 Å². The third-order valence-electron chi connectivity index (χ3n) is 3.19. The third kappa shape index (κ3) is 5.82. The van der Waals surface area contributed by atoms with Crippen molar-refractivity contribution in [2.24, 2.45) is 0 Å². The number of aromatic nitrogens is 1. The number of rotatable bonds is 8. The van der Waals surface area contributed by atoms with Gasteiger partial charge in [0.2, 0.25) is 15.9 Å². The molecule has 9 heteroatoms. The summed E-state index contributed by atoms with van der Waals surface area (Å²) in [6, 6.07) is 9.65. The summed E-state index contributed by atoms with van der Waals surface area (Å²) >= 11 is 0. The van der Waals surface area contributed by atoms with Crippen LogP contribution in [0.4, 0.5) is 0 Å². The van der Waals surface area contributed by atoms with E-state index in [2.05, 4.69) is 15.0 Å². The number of pyridine rings is 1. The van der Waals surface area contributed by atoms with Crippen molar-refractivity contribution in [3.05, 3.63) is 53.7 Å². The highest BCUT2D eigenvalue weighted by molar-refractivity contribution is 7.88. The van der Waals surface area contributed by atoms with Crippen LogP contribution in [0.15, 0.2) is 42.6 Å². The lowest BCUT2D eigenvalue weighted by Crippen LogP contribution is -2.25. The molecule has 1 heterocycles. The van der Waals surface area contributed by atoms with Gasteiger partial charge >= 0.3 is 0 Å². The first-order valence-corrected chi connectivity index (χ1v) is 9.00. The van der Waals surface area contributed by atoms with Gasteiger partial charge in [0.1, 0.15) is 12.5 Å². The second kappa shape index (κ2) is 8.56. The van der Waals surface area contributed by atoms with Crippen LogP contribution in [0, 0.1) is 0 Å². The molecule has 0 bridgehead atoms. The largest absolute Gasteiger partial charge is 0.439 e. The summed E-state index contributed by atoms with van der Waals surface area (Å²) in [7, 11) is -0.477. The standard InChI is InChI=1S/C16H19N3O5S/c1-17-25(21,22)10-12-3-5-14(6-4-12)24-15-9-13(7-8-18-15)16(20)19-11-23-2/h3-9,17H,10-11H2,1-2H3,(H,19,20). The third-order valence-corrected chi connectivity index (χ3v) is 4.52. The number of ether oxygens (including phenoxy) is 2. The first kappa shape index (κ1) is 18.8. The topological polar surface area (TPSA) is 107 Å². The molecule has 0 saturated heterocycles. The molecule has 0 unspecified atom stereocenters. The number of benzene rings is 1.